The van der Waals surface area contributed by atoms with E-state index in [0.717, 1.165) is 12.7 Å². The van der Waals surface area contributed by atoms with Crippen LogP contribution in [0.2, 0.25) is 6.32 Å². The number of hydrogen-bond donors (Lipinski definition) is 1. The summed E-state index contributed by atoms with van der Waals surface area (Å²) in [7, 11) is 1.23. The third kappa shape index (κ3) is 6.02. The molecule has 0 aromatic rings. The van der Waals surface area contributed by atoms with E-state index in [1.54, 1.807) is 0 Å². The summed E-state index contributed by atoms with van der Waals surface area (Å²) in [5.41, 5.74) is 0. The maximum atomic E-state index is 8.17. The van der Waals surface area contributed by atoms with Gasteiger partial charge < -0.3 is 5.02 Å². The van der Waals surface area contributed by atoms with Gasteiger partial charge in [-0.05, 0) is 0 Å². The highest BCUT2D eigenvalue weighted by Crippen LogP contribution is 1.96. The van der Waals surface area contributed by atoms with Gasteiger partial charge in [-0.15, -0.1) is 0 Å². The van der Waals surface area contributed by atoms with Gasteiger partial charge in [0.1, 0.15) is 0 Å². The summed E-state index contributed by atoms with van der Waals surface area (Å²) >= 11 is 0. The smallest absolute Gasteiger partial charge is 0.287 e. The van der Waals surface area contributed by atoms with E-state index in [1.165, 1.54) is 20.3 Å². The second kappa shape index (κ2) is 6.02. The normalized spacial score (nSPS) is 8.86. The quantitative estimate of drug-likeness (QED) is 0.414. The van der Waals surface area contributed by atoms with Gasteiger partial charge in [0.05, 0.1) is 0 Å². The first kappa shape index (κ1) is 7.02. The standard InChI is InChI=1S/C5H12BO/c1-2-3-4-5-6-7/h7H,2-5H2,1H3. The Morgan fingerprint density at radius 3 is 2.57 bits per heavy atom. The van der Waals surface area contributed by atoms with Gasteiger partial charge in [0.15, 0.2) is 0 Å². The summed E-state index contributed by atoms with van der Waals surface area (Å²) in [6, 6.07) is 0. The van der Waals surface area contributed by atoms with Crippen LogP contribution in [0.15, 0.2) is 0 Å². The van der Waals surface area contributed by atoms with Crippen LogP contribution in [0.4, 0.5) is 0 Å². The van der Waals surface area contributed by atoms with Crippen LogP contribution in [0.5, 0.6) is 0 Å². The zero-order chi connectivity index (χ0) is 5.54. The highest BCUT2D eigenvalue weighted by atomic mass is 16.2. The van der Waals surface area contributed by atoms with Gasteiger partial charge >= 0.3 is 0 Å². The third-order valence-corrected chi connectivity index (χ3v) is 0.937. The minimum Gasteiger partial charge on any atom is -0.454 e. The van der Waals surface area contributed by atoms with E-state index in [1.807, 2.05) is 0 Å². The lowest BCUT2D eigenvalue weighted by molar-refractivity contribution is 0.592. The van der Waals surface area contributed by atoms with E-state index in [2.05, 4.69) is 6.92 Å². The minimum atomic E-state index is 0.855. The summed E-state index contributed by atoms with van der Waals surface area (Å²) in [4.78, 5) is 0. The van der Waals surface area contributed by atoms with E-state index in [-0.39, 0.29) is 0 Å². The van der Waals surface area contributed by atoms with Crippen LogP contribution >= 0.6 is 0 Å². The molecule has 0 aromatic heterocycles. The largest absolute Gasteiger partial charge is 0.454 e. The molecule has 0 amide bonds. The molecule has 1 radical (unpaired) electrons. The molecule has 0 aliphatic heterocycles. The van der Waals surface area contributed by atoms with Gasteiger partial charge in [0, 0.05) is 0 Å². The van der Waals surface area contributed by atoms with Crippen LogP contribution < -0.4 is 0 Å². The van der Waals surface area contributed by atoms with Crippen molar-refractivity contribution in [2.24, 2.45) is 0 Å². The number of unbranched alkanes of at least 4 members (excludes halogenated alkanes) is 2. The molecule has 0 atom stereocenters. The van der Waals surface area contributed by atoms with Crippen molar-refractivity contribution in [1.82, 2.24) is 0 Å². The zero-order valence-corrected chi connectivity index (χ0v) is 4.85. The van der Waals surface area contributed by atoms with Gasteiger partial charge in [-0.2, -0.15) is 0 Å². The molecule has 0 saturated carbocycles. The lowest BCUT2D eigenvalue weighted by Crippen LogP contribution is -1.84. The lowest BCUT2D eigenvalue weighted by atomic mass is 9.92. The Bertz CT molecular complexity index is 27.3. The number of hydrogen-bond acceptors (Lipinski definition) is 1. The van der Waals surface area contributed by atoms with E-state index in [9.17, 15) is 0 Å². The molecular formula is C5H12BO. The zero-order valence-electron chi connectivity index (χ0n) is 4.85. The summed E-state index contributed by atoms with van der Waals surface area (Å²) in [5.74, 6) is 0. The first-order chi connectivity index (χ1) is 3.41. The average Bonchev–Trinajstić information content (AvgIpc) is 1.69. The molecule has 0 fully saturated rings. The maximum absolute atomic E-state index is 8.17. The minimum absolute atomic E-state index is 0.855. The first-order valence-electron chi connectivity index (χ1n) is 2.87. The van der Waals surface area contributed by atoms with Crippen molar-refractivity contribution in [3.8, 4) is 0 Å². The first-order valence-corrected chi connectivity index (χ1v) is 2.87. The van der Waals surface area contributed by atoms with Crippen molar-refractivity contribution < 1.29 is 5.02 Å². The van der Waals surface area contributed by atoms with Crippen molar-refractivity contribution in [1.29, 1.82) is 0 Å². The molecule has 0 aliphatic carbocycles. The summed E-state index contributed by atoms with van der Waals surface area (Å²) < 4.78 is 0. The molecule has 0 unspecified atom stereocenters. The van der Waals surface area contributed by atoms with Crippen LogP contribution in [0.3, 0.4) is 0 Å². The Morgan fingerprint density at radius 1 is 1.43 bits per heavy atom. The predicted molar refractivity (Wildman–Crippen MR) is 32.3 cm³/mol. The van der Waals surface area contributed by atoms with Crippen molar-refractivity contribution in [3.63, 3.8) is 0 Å². The molecular weight excluding hydrogens is 86.9 g/mol. The molecule has 0 saturated heterocycles. The van der Waals surface area contributed by atoms with Crippen LogP contribution in [0, 0.1) is 0 Å². The average molecular weight is 99.0 g/mol. The monoisotopic (exact) mass is 99.1 g/mol. The van der Waals surface area contributed by atoms with Crippen LogP contribution in [-0.2, 0) is 0 Å². The van der Waals surface area contributed by atoms with Crippen molar-refractivity contribution in [3.05, 3.63) is 0 Å². The van der Waals surface area contributed by atoms with Gasteiger partial charge in [0.2, 0.25) is 0 Å². The van der Waals surface area contributed by atoms with Gasteiger partial charge in [-0.3, -0.25) is 0 Å². The highest BCUT2D eigenvalue weighted by Gasteiger charge is 1.83. The molecule has 0 heterocycles. The lowest BCUT2D eigenvalue weighted by Gasteiger charge is -1.88. The molecule has 41 valence electrons. The molecule has 0 bridgehead atoms. The second-order valence-corrected chi connectivity index (χ2v) is 1.68. The Labute approximate surface area is 46.0 Å². The van der Waals surface area contributed by atoms with Gasteiger partial charge in [-0.1, -0.05) is 32.5 Å². The predicted octanol–water partition coefficient (Wildman–Crippen LogP) is 1.21. The summed E-state index contributed by atoms with van der Waals surface area (Å²) in [6.07, 6.45) is 4.45. The Hall–Kier alpha value is 0.0249. The SMILES string of the molecule is CCCCC[B]O. The fraction of sp³-hybridized carbons (Fsp3) is 1.00. The van der Waals surface area contributed by atoms with Crippen LogP contribution in [-0.4, -0.2) is 12.5 Å². The molecule has 0 aromatic carbocycles. The second-order valence-electron chi connectivity index (χ2n) is 1.68. The maximum Gasteiger partial charge on any atom is 0.287 e. The topological polar surface area (TPSA) is 20.2 Å². The summed E-state index contributed by atoms with van der Waals surface area (Å²) in [5, 5.41) is 8.17. The van der Waals surface area contributed by atoms with Gasteiger partial charge in [-0.25, -0.2) is 0 Å². The Balaban J connectivity index is 2.45. The molecule has 0 rings (SSSR count). The molecule has 0 spiro atoms. The molecule has 1 nitrogen and oxygen atoms in total. The molecule has 1 N–H and O–H groups in total. The van der Waals surface area contributed by atoms with Crippen molar-refractivity contribution >= 4 is 7.48 Å². The van der Waals surface area contributed by atoms with Crippen molar-refractivity contribution in [2.75, 3.05) is 0 Å². The fourth-order valence-corrected chi connectivity index (χ4v) is 0.486. The van der Waals surface area contributed by atoms with Crippen molar-refractivity contribution in [2.45, 2.75) is 32.5 Å². The molecule has 2 heteroatoms. The van der Waals surface area contributed by atoms with Crippen LogP contribution in [0.25, 0.3) is 0 Å². The Kier molecular flexibility index (Phi) is 6.05. The molecule has 7 heavy (non-hydrogen) atoms. The van der Waals surface area contributed by atoms with Crippen LogP contribution in [0.1, 0.15) is 26.2 Å². The molecule has 0 aliphatic rings. The Morgan fingerprint density at radius 2 is 2.14 bits per heavy atom. The van der Waals surface area contributed by atoms with E-state index in [0.29, 0.717) is 0 Å². The fourth-order valence-electron chi connectivity index (χ4n) is 0.486. The van der Waals surface area contributed by atoms with E-state index < -0.39 is 0 Å². The highest BCUT2D eigenvalue weighted by molar-refractivity contribution is 6.25. The van der Waals surface area contributed by atoms with E-state index >= 15 is 0 Å². The third-order valence-electron chi connectivity index (χ3n) is 0.937. The number of rotatable bonds is 4. The summed E-state index contributed by atoms with van der Waals surface area (Å²) in [6.45, 7) is 2.15. The van der Waals surface area contributed by atoms with E-state index in [4.69, 9.17) is 5.02 Å². The van der Waals surface area contributed by atoms with Gasteiger partial charge in [0.25, 0.3) is 7.48 Å².